The van der Waals surface area contributed by atoms with Crippen LogP contribution in [0.2, 0.25) is 0 Å². The standard InChI is InChI=1S/C32H35F2NO/c1-21(2)10-11-24-12-15-26-29(19-24)35(20-25-8-6-5-7-9-25)32(22(3)4)31(26)30(36)17-14-23-13-16-27(33)28(34)18-23/h5-9,12-13,15-16,18-19,21-22H,10-11,14,17,20H2,1-4H3. The second kappa shape index (κ2) is 11.2. The molecule has 4 aromatic rings. The van der Waals surface area contributed by atoms with Crippen molar-refractivity contribution in [1.82, 2.24) is 4.57 Å². The van der Waals surface area contributed by atoms with Crippen LogP contribution in [0.5, 0.6) is 0 Å². The molecule has 0 saturated carbocycles. The zero-order valence-electron chi connectivity index (χ0n) is 21.7. The lowest BCUT2D eigenvalue weighted by Crippen LogP contribution is -2.11. The molecule has 3 aromatic carbocycles. The highest BCUT2D eigenvalue weighted by molar-refractivity contribution is 6.10. The fourth-order valence-electron chi connectivity index (χ4n) is 4.93. The van der Waals surface area contributed by atoms with Gasteiger partial charge in [0.05, 0.1) is 0 Å². The Morgan fingerprint density at radius 2 is 1.50 bits per heavy atom. The number of ketones is 1. The first-order valence-corrected chi connectivity index (χ1v) is 12.9. The highest BCUT2D eigenvalue weighted by Gasteiger charge is 2.24. The van der Waals surface area contributed by atoms with Crippen LogP contribution in [0.15, 0.2) is 66.7 Å². The first-order valence-electron chi connectivity index (χ1n) is 12.9. The predicted molar refractivity (Wildman–Crippen MR) is 144 cm³/mol. The topological polar surface area (TPSA) is 22.0 Å². The van der Waals surface area contributed by atoms with E-state index in [4.69, 9.17) is 0 Å². The summed E-state index contributed by atoms with van der Waals surface area (Å²) >= 11 is 0. The molecule has 4 rings (SSSR count). The Morgan fingerprint density at radius 3 is 2.17 bits per heavy atom. The summed E-state index contributed by atoms with van der Waals surface area (Å²) in [5.41, 5.74) is 5.96. The summed E-state index contributed by atoms with van der Waals surface area (Å²) < 4.78 is 29.4. The lowest BCUT2D eigenvalue weighted by atomic mass is 9.95. The Hall–Kier alpha value is -3.27. The van der Waals surface area contributed by atoms with Gasteiger partial charge in [-0.1, -0.05) is 76.2 Å². The van der Waals surface area contributed by atoms with Gasteiger partial charge in [-0.15, -0.1) is 0 Å². The van der Waals surface area contributed by atoms with Crippen molar-refractivity contribution in [2.24, 2.45) is 5.92 Å². The third-order valence-electron chi connectivity index (χ3n) is 6.81. The third kappa shape index (κ3) is 5.75. The van der Waals surface area contributed by atoms with Crippen molar-refractivity contribution in [2.75, 3.05) is 0 Å². The molecule has 36 heavy (non-hydrogen) atoms. The Kier molecular flexibility index (Phi) is 8.03. The number of aromatic nitrogens is 1. The molecule has 4 heteroatoms. The van der Waals surface area contributed by atoms with Crippen molar-refractivity contribution in [3.8, 4) is 0 Å². The summed E-state index contributed by atoms with van der Waals surface area (Å²) in [6.45, 7) is 9.41. The van der Waals surface area contributed by atoms with Crippen molar-refractivity contribution < 1.29 is 13.6 Å². The molecule has 1 aromatic heterocycles. The Morgan fingerprint density at radius 1 is 0.806 bits per heavy atom. The number of carbonyl (C=O) groups excluding carboxylic acids is 1. The maximum atomic E-state index is 13.7. The molecule has 0 bridgehead atoms. The van der Waals surface area contributed by atoms with E-state index in [1.165, 1.54) is 17.2 Å². The van der Waals surface area contributed by atoms with Gasteiger partial charge in [0.2, 0.25) is 0 Å². The van der Waals surface area contributed by atoms with E-state index in [0.717, 1.165) is 41.1 Å². The van der Waals surface area contributed by atoms with E-state index < -0.39 is 11.6 Å². The van der Waals surface area contributed by atoms with E-state index in [9.17, 15) is 13.6 Å². The minimum absolute atomic E-state index is 0.0372. The van der Waals surface area contributed by atoms with E-state index in [-0.39, 0.29) is 18.1 Å². The van der Waals surface area contributed by atoms with Crippen LogP contribution in [0.25, 0.3) is 10.9 Å². The summed E-state index contributed by atoms with van der Waals surface area (Å²) in [6.07, 6.45) is 2.72. The number of aryl methyl sites for hydroxylation is 2. The number of hydrogen-bond acceptors (Lipinski definition) is 1. The zero-order chi connectivity index (χ0) is 25.8. The minimum Gasteiger partial charge on any atom is -0.339 e. The average Bonchev–Trinajstić information content (AvgIpc) is 3.17. The number of rotatable bonds is 10. The van der Waals surface area contributed by atoms with Crippen molar-refractivity contribution in [1.29, 1.82) is 0 Å². The highest BCUT2D eigenvalue weighted by atomic mass is 19.2. The minimum atomic E-state index is -0.879. The molecule has 0 amide bonds. The number of Topliss-reactive ketones (excluding diaryl/α,β-unsaturated/α-hetero) is 1. The van der Waals surface area contributed by atoms with Gasteiger partial charge in [0, 0.05) is 35.1 Å². The highest BCUT2D eigenvalue weighted by Crippen LogP contribution is 2.34. The van der Waals surface area contributed by atoms with E-state index >= 15 is 0 Å². The van der Waals surface area contributed by atoms with Crippen molar-refractivity contribution in [3.05, 3.63) is 106 Å². The van der Waals surface area contributed by atoms with Gasteiger partial charge in [-0.2, -0.15) is 0 Å². The van der Waals surface area contributed by atoms with Gasteiger partial charge < -0.3 is 4.57 Å². The van der Waals surface area contributed by atoms with Gasteiger partial charge in [-0.25, -0.2) is 8.78 Å². The van der Waals surface area contributed by atoms with Crippen LogP contribution < -0.4 is 0 Å². The largest absolute Gasteiger partial charge is 0.339 e. The average molecular weight is 488 g/mol. The number of hydrogen-bond donors (Lipinski definition) is 0. The third-order valence-corrected chi connectivity index (χ3v) is 6.81. The van der Waals surface area contributed by atoms with E-state index in [2.05, 4.69) is 62.6 Å². The normalized spacial score (nSPS) is 11.7. The zero-order valence-corrected chi connectivity index (χ0v) is 21.7. The van der Waals surface area contributed by atoms with E-state index in [1.807, 2.05) is 18.2 Å². The number of nitrogens with zero attached hydrogens (tertiary/aromatic N) is 1. The van der Waals surface area contributed by atoms with Crippen LogP contribution in [0.3, 0.4) is 0 Å². The van der Waals surface area contributed by atoms with Crippen molar-refractivity contribution in [3.63, 3.8) is 0 Å². The molecule has 1 heterocycles. The van der Waals surface area contributed by atoms with Crippen molar-refractivity contribution >= 4 is 16.7 Å². The summed E-state index contributed by atoms with van der Waals surface area (Å²) in [5, 5.41) is 0.971. The lowest BCUT2D eigenvalue weighted by molar-refractivity contribution is 0.0983. The summed E-state index contributed by atoms with van der Waals surface area (Å²) in [5.74, 6) is -0.949. The van der Waals surface area contributed by atoms with Gasteiger partial charge in [0.15, 0.2) is 17.4 Å². The fourth-order valence-corrected chi connectivity index (χ4v) is 4.93. The van der Waals surface area contributed by atoms with Crippen LogP contribution in [0.1, 0.15) is 79.2 Å². The maximum Gasteiger partial charge on any atom is 0.165 e. The van der Waals surface area contributed by atoms with Crippen molar-refractivity contribution in [2.45, 2.75) is 65.8 Å². The van der Waals surface area contributed by atoms with Crippen LogP contribution in [0, 0.1) is 17.6 Å². The number of carbonyl (C=O) groups is 1. The molecular formula is C32H35F2NO. The molecule has 2 nitrogen and oxygen atoms in total. The first-order chi connectivity index (χ1) is 17.2. The second-order valence-electron chi connectivity index (χ2n) is 10.4. The van der Waals surface area contributed by atoms with Crippen LogP contribution in [-0.4, -0.2) is 10.4 Å². The number of fused-ring (bicyclic) bond motifs is 1. The molecule has 0 radical (unpaired) electrons. The Bertz CT molecular complexity index is 1350. The Balaban J connectivity index is 1.77. The first kappa shape index (κ1) is 25.8. The summed E-state index contributed by atoms with van der Waals surface area (Å²) in [7, 11) is 0. The molecule has 0 aliphatic rings. The van der Waals surface area contributed by atoms with Gasteiger partial charge >= 0.3 is 0 Å². The van der Waals surface area contributed by atoms with Gasteiger partial charge in [-0.05, 0) is 66.0 Å². The van der Waals surface area contributed by atoms with Crippen LogP contribution >= 0.6 is 0 Å². The smallest absolute Gasteiger partial charge is 0.165 e. The molecule has 0 aliphatic carbocycles. The molecule has 0 saturated heterocycles. The molecule has 0 N–H and O–H groups in total. The fraction of sp³-hybridized carbons (Fsp3) is 0.344. The van der Waals surface area contributed by atoms with Crippen LogP contribution in [0.4, 0.5) is 8.78 Å². The van der Waals surface area contributed by atoms with Crippen LogP contribution in [-0.2, 0) is 19.4 Å². The quantitative estimate of drug-likeness (QED) is 0.206. The monoisotopic (exact) mass is 487 g/mol. The summed E-state index contributed by atoms with van der Waals surface area (Å²) in [6, 6.07) is 20.7. The maximum absolute atomic E-state index is 13.7. The second-order valence-corrected chi connectivity index (χ2v) is 10.4. The number of halogens is 2. The lowest BCUT2D eigenvalue weighted by Gasteiger charge is -2.15. The molecule has 0 unspecified atom stereocenters. The molecule has 188 valence electrons. The van der Waals surface area contributed by atoms with Gasteiger partial charge in [0.25, 0.3) is 0 Å². The molecule has 0 aliphatic heterocycles. The molecule has 0 fully saturated rings. The molecular weight excluding hydrogens is 452 g/mol. The van der Waals surface area contributed by atoms with Gasteiger partial charge in [-0.3, -0.25) is 4.79 Å². The Labute approximate surface area is 213 Å². The SMILES string of the molecule is CC(C)CCc1ccc2c(C(=O)CCc3ccc(F)c(F)c3)c(C(C)C)n(Cc3ccccc3)c2c1. The van der Waals surface area contributed by atoms with Gasteiger partial charge in [0.1, 0.15) is 0 Å². The van der Waals surface area contributed by atoms with E-state index in [0.29, 0.717) is 24.4 Å². The molecule has 0 atom stereocenters. The predicted octanol–water partition coefficient (Wildman–Crippen LogP) is 8.50. The summed E-state index contributed by atoms with van der Waals surface area (Å²) in [4.78, 5) is 13.7. The number of benzene rings is 3. The van der Waals surface area contributed by atoms with E-state index in [1.54, 1.807) is 6.07 Å². The molecule has 0 spiro atoms.